The van der Waals surface area contributed by atoms with E-state index in [2.05, 4.69) is 39.0 Å². The SMILES string of the molecule is CCc1ccc(CC)c(C(CC)CC(O)CN)c1. The summed E-state index contributed by atoms with van der Waals surface area (Å²) in [6.45, 7) is 6.91. The predicted octanol–water partition coefficient (Wildman–Crippen LogP) is 3.01. The third kappa shape index (κ3) is 3.82. The minimum Gasteiger partial charge on any atom is -0.392 e. The molecule has 2 unspecified atom stereocenters. The van der Waals surface area contributed by atoms with Gasteiger partial charge in [-0.2, -0.15) is 0 Å². The Balaban J connectivity index is 3.01. The summed E-state index contributed by atoms with van der Waals surface area (Å²) in [5.41, 5.74) is 9.72. The van der Waals surface area contributed by atoms with E-state index in [0.717, 1.165) is 25.7 Å². The Morgan fingerprint density at radius 2 is 1.89 bits per heavy atom. The van der Waals surface area contributed by atoms with Crippen LogP contribution in [0.25, 0.3) is 0 Å². The summed E-state index contributed by atoms with van der Waals surface area (Å²) in [5, 5.41) is 9.79. The monoisotopic (exact) mass is 249 g/mol. The smallest absolute Gasteiger partial charge is 0.0668 e. The second kappa shape index (κ2) is 7.55. The number of benzene rings is 1. The molecule has 2 atom stereocenters. The Labute approximate surface area is 111 Å². The average Bonchev–Trinajstić information content (AvgIpc) is 2.43. The van der Waals surface area contributed by atoms with E-state index < -0.39 is 0 Å². The van der Waals surface area contributed by atoms with Gasteiger partial charge in [-0.1, -0.05) is 39.0 Å². The number of hydrogen-bond donors (Lipinski definition) is 2. The number of aliphatic hydroxyl groups excluding tert-OH is 1. The van der Waals surface area contributed by atoms with E-state index >= 15 is 0 Å². The Bertz CT molecular complexity index is 362. The van der Waals surface area contributed by atoms with Crippen LogP contribution in [0.4, 0.5) is 0 Å². The van der Waals surface area contributed by atoms with Crippen molar-refractivity contribution in [2.75, 3.05) is 6.54 Å². The molecule has 3 N–H and O–H groups in total. The van der Waals surface area contributed by atoms with Crippen LogP contribution < -0.4 is 5.73 Å². The van der Waals surface area contributed by atoms with Crippen LogP contribution in [0.1, 0.15) is 56.2 Å². The molecule has 0 spiro atoms. The second-order valence-corrected chi connectivity index (χ2v) is 4.97. The molecular weight excluding hydrogens is 222 g/mol. The van der Waals surface area contributed by atoms with Crippen LogP contribution in [0.3, 0.4) is 0 Å². The normalized spacial score (nSPS) is 14.5. The average molecular weight is 249 g/mol. The van der Waals surface area contributed by atoms with Crippen molar-refractivity contribution in [2.45, 2.75) is 58.5 Å². The lowest BCUT2D eigenvalue weighted by Gasteiger charge is -2.22. The molecule has 1 aromatic carbocycles. The minimum absolute atomic E-state index is 0.353. The van der Waals surface area contributed by atoms with Crippen LogP contribution in [0.2, 0.25) is 0 Å². The van der Waals surface area contributed by atoms with Crippen molar-refractivity contribution in [3.8, 4) is 0 Å². The molecule has 0 aliphatic carbocycles. The molecule has 0 aliphatic heterocycles. The lowest BCUT2D eigenvalue weighted by molar-refractivity contribution is 0.162. The van der Waals surface area contributed by atoms with E-state index in [1.807, 2.05) is 0 Å². The lowest BCUT2D eigenvalue weighted by atomic mass is 9.85. The van der Waals surface area contributed by atoms with Gasteiger partial charge in [0.1, 0.15) is 0 Å². The molecule has 0 radical (unpaired) electrons. The van der Waals surface area contributed by atoms with E-state index in [1.165, 1.54) is 16.7 Å². The van der Waals surface area contributed by atoms with Gasteiger partial charge in [0.2, 0.25) is 0 Å². The summed E-state index contributed by atoms with van der Waals surface area (Å²) in [5.74, 6) is 0.421. The molecule has 0 fully saturated rings. The summed E-state index contributed by atoms with van der Waals surface area (Å²) in [6.07, 6.45) is 3.55. The Morgan fingerprint density at radius 3 is 2.39 bits per heavy atom. The zero-order valence-electron chi connectivity index (χ0n) is 11.9. The topological polar surface area (TPSA) is 46.2 Å². The van der Waals surface area contributed by atoms with E-state index in [1.54, 1.807) is 0 Å². The van der Waals surface area contributed by atoms with Gasteiger partial charge in [-0.3, -0.25) is 0 Å². The van der Waals surface area contributed by atoms with Crippen LogP contribution in [0.5, 0.6) is 0 Å². The van der Waals surface area contributed by atoms with Crippen molar-refractivity contribution >= 4 is 0 Å². The first-order valence-electron chi connectivity index (χ1n) is 7.15. The van der Waals surface area contributed by atoms with Crippen LogP contribution >= 0.6 is 0 Å². The summed E-state index contributed by atoms with van der Waals surface area (Å²) in [4.78, 5) is 0. The first kappa shape index (κ1) is 15.2. The molecule has 0 saturated heterocycles. The molecule has 18 heavy (non-hydrogen) atoms. The molecule has 0 saturated carbocycles. The van der Waals surface area contributed by atoms with Crippen molar-refractivity contribution in [3.05, 3.63) is 34.9 Å². The van der Waals surface area contributed by atoms with E-state index in [0.29, 0.717) is 12.5 Å². The van der Waals surface area contributed by atoms with Gasteiger partial charge in [0.05, 0.1) is 6.10 Å². The second-order valence-electron chi connectivity index (χ2n) is 4.97. The number of hydrogen-bond acceptors (Lipinski definition) is 2. The molecule has 0 heterocycles. The van der Waals surface area contributed by atoms with Crippen molar-refractivity contribution in [2.24, 2.45) is 5.73 Å². The highest BCUT2D eigenvalue weighted by molar-refractivity contribution is 5.35. The molecule has 2 heteroatoms. The van der Waals surface area contributed by atoms with Crippen LogP contribution in [0, 0.1) is 0 Å². The molecule has 0 aromatic heterocycles. The number of aryl methyl sites for hydroxylation is 2. The highest BCUT2D eigenvalue weighted by Crippen LogP contribution is 2.29. The molecule has 1 rings (SSSR count). The van der Waals surface area contributed by atoms with Gasteiger partial charge in [0, 0.05) is 6.54 Å². The molecule has 0 amide bonds. The molecule has 0 bridgehead atoms. The van der Waals surface area contributed by atoms with Crippen molar-refractivity contribution in [1.82, 2.24) is 0 Å². The van der Waals surface area contributed by atoms with Gasteiger partial charge >= 0.3 is 0 Å². The van der Waals surface area contributed by atoms with Crippen molar-refractivity contribution in [3.63, 3.8) is 0 Å². The molecule has 102 valence electrons. The highest BCUT2D eigenvalue weighted by atomic mass is 16.3. The summed E-state index contributed by atoms with van der Waals surface area (Å²) in [6, 6.07) is 6.77. The van der Waals surface area contributed by atoms with E-state index in [9.17, 15) is 5.11 Å². The van der Waals surface area contributed by atoms with E-state index in [-0.39, 0.29) is 6.10 Å². The van der Waals surface area contributed by atoms with Gasteiger partial charge < -0.3 is 10.8 Å². The van der Waals surface area contributed by atoms with Crippen LogP contribution in [-0.2, 0) is 12.8 Å². The van der Waals surface area contributed by atoms with Gasteiger partial charge in [0.25, 0.3) is 0 Å². The Hall–Kier alpha value is -0.860. The fourth-order valence-electron chi connectivity index (χ4n) is 2.50. The lowest BCUT2D eigenvalue weighted by Crippen LogP contribution is -2.22. The first-order valence-corrected chi connectivity index (χ1v) is 7.15. The van der Waals surface area contributed by atoms with Crippen molar-refractivity contribution < 1.29 is 5.11 Å². The van der Waals surface area contributed by atoms with Crippen molar-refractivity contribution in [1.29, 1.82) is 0 Å². The summed E-state index contributed by atoms with van der Waals surface area (Å²) >= 11 is 0. The maximum absolute atomic E-state index is 9.79. The molecule has 1 aromatic rings. The maximum atomic E-state index is 9.79. The zero-order chi connectivity index (χ0) is 13.5. The Morgan fingerprint density at radius 1 is 1.17 bits per heavy atom. The Kier molecular flexibility index (Phi) is 6.37. The highest BCUT2D eigenvalue weighted by Gasteiger charge is 2.17. The maximum Gasteiger partial charge on any atom is 0.0668 e. The zero-order valence-corrected chi connectivity index (χ0v) is 11.9. The molecule has 2 nitrogen and oxygen atoms in total. The molecular formula is C16H27NO. The largest absolute Gasteiger partial charge is 0.392 e. The van der Waals surface area contributed by atoms with Gasteiger partial charge in [-0.15, -0.1) is 0 Å². The summed E-state index contributed by atoms with van der Waals surface area (Å²) in [7, 11) is 0. The van der Waals surface area contributed by atoms with Gasteiger partial charge in [-0.25, -0.2) is 0 Å². The minimum atomic E-state index is -0.384. The van der Waals surface area contributed by atoms with Crippen LogP contribution in [0.15, 0.2) is 18.2 Å². The van der Waals surface area contributed by atoms with Gasteiger partial charge in [-0.05, 0) is 48.3 Å². The third-order valence-corrected chi connectivity index (χ3v) is 3.76. The third-order valence-electron chi connectivity index (χ3n) is 3.76. The van der Waals surface area contributed by atoms with Crippen LogP contribution in [-0.4, -0.2) is 17.8 Å². The fraction of sp³-hybridized carbons (Fsp3) is 0.625. The molecule has 0 aliphatic rings. The number of rotatable bonds is 7. The fourth-order valence-corrected chi connectivity index (χ4v) is 2.50. The predicted molar refractivity (Wildman–Crippen MR) is 77.9 cm³/mol. The quantitative estimate of drug-likeness (QED) is 0.780. The number of aliphatic hydroxyl groups is 1. The van der Waals surface area contributed by atoms with Gasteiger partial charge in [0.15, 0.2) is 0 Å². The number of nitrogens with two attached hydrogens (primary N) is 1. The standard InChI is InChI=1S/C16H27NO/c1-4-12-7-8-13(5-2)16(9-12)14(6-3)10-15(18)11-17/h7-9,14-15,18H,4-6,10-11,17H2,1-3H3. The summed E-state index contributed by atoms with van der Waals surface area (Å²) < 4.78 is 0. The first-order chi connectivity index (χ1) is 8.65. The van der Waals surface area contributed by atoms with E-state index in [4.69, 9.17) is 5.73 Å².